The number of alkyl carbamates (subject to hydrolysis) is 1. The highest BCUT2D eigenvalue weighted by Gasteiger charge is 2.15. The summed E-state index contributed by atoms with van der Waals surface area (Å²) in [6, 6.07) is 3.75. The van der Waals surface area contributed by atoms with Crippen molar-refractivity contribution in [2.24, 2.45) is 4.99 Å². The molecule has 0 aliphatic rings. The van der Waals surface area contributed by atoms with E-state index in [1.54, 1.807) is 21.3 Å². The fourth-order valence-corrected chi connectivity index (χ4v) is 2.55. The number of aliphatic imine (C=N–C) groups is 1. The number of nitrogens with zero attached hydrogens (tertiary/aromatic N) is 1. The third kappa shape index (κ3) is 9.67. The van der Waals surface area contributed by atoms with Crippen LogP contribution in [0.15, 0.2) is 21.6 Å². The molecule has 0 bridgehead atoms. The fraction of sp³-hybridized carbons (Fsp3) is 0.556. The molecule has 1 aromatic rings. The summed E-state index contributed by atoms with van der Waals surface area (Å²) in [5.41, 5.74) is 0.476. The fourth-order valence-electron chi connectivity index (χ4n) is 2.09. The molecule has 1 rings (SSSR count). The van der Waals surface area contributed by atoms with E-state index >= 15 is 0 Å². The highest BCUT2D eigenvalue weighted by atomic mass is 127. The van der Waals surface area contributed by atoms with Gasteiger partial charge in [0.25, 0.3) is 0 Å². The topological polar surface area (TPSA) is 93.2 Å². The highest BCUT2D eigenvalue weighted by molar-refractivity contribution is 14.0. The average Bonchev–Trinajstić information content (AvgIpc) is 2.60. The third-order valence-electron chi connectivity index (χ3n) is 3.31. The van der Waals surface area contributed by atoms with Crippen LogP contribution in [-0.4, -0.2) is 52.0 Å². The van der Waals surface area contributed by atoms with Crippen LogP contribution in [0.25, 0.3) is 0 Å². The molecule has 28 heavy (non-hydrogen) atoms. The normalized spacial score (nSPS) is 11.2. The Morgan fingerprint density at radius 1 is 1.07 bits per heavy atom. The smallest absolute Gasteiger partial charge is 0.407 e. The van der Waals surface area contributed by atoms with Gasteiger partial charge in [0.05, 0.1) is 14.2 Å². The predicted octanol–water partition coefficient (Wildman–Crippen LogP) is 3.27. The van der Waals surface area contributed by atoms with E-state index in [2.05, 4.69) is 36.9 Å². The molecule has 0 aliphatic heterocycles. The van der Waals surface area contributed by atoms with Gasteiger partial charge < -0.3 is 30.2 Å². The van der Waals surface area contributed by atoms with E-state index in [9.17, 15) is 4.79 Å². The molecule has 10 heteroatoms. The zero-order valence-electron chi connectivity index (χ0n) is 17.1. The first-order valence-electron chi connectivity index (χ1n) is 8.52. The van der Waals surface area contributed by atoms with Crippen molar-refractivity contribution in [2.75, 3.05) is 34.4 Å². The van der Waals surface area contributed by atoms with E-state index in [1.807, 2.05) is 32.9 Å². The standard InChI is InChI=1S/C18H29BrN4O4.HI/c1-18(2,3)27-17(24)22-8-7-21-16(20-4)23-11-12-9-14(25-5)15(26-6)10-13(12)19;/h9-10H,7-8,11H2,1-6H3,(H,22,24)(H2,20,21,23);1H. The van der Waals surface area contributed by atoms with Crippen LogP contribution in [0.3, 0.4) is 0 Å². The maximum absolute atomic E-state index is 11.6. The lowest BCUT2D eigenvalue weighted by Crippen LogP contribution is -2.42. The number of halogens is 2. The zero-order valence-corrected chi connectivity index (χ0v) is 21.1. The van der Waals surface area contributed by atoms with Gasteiger partial charge in [0, 0.05) is 31.2 Å². The van der Waals surface area contributed by atoms with Crippen molar-refractivity contribution in [1.29, 1.82) is 0 Å². The molecule has 0 aromatic heterocycles. The Balaban J connectivity index is 0.00000729. The van der Waals surface area contributed by atoms with Gasteiger partial charge in [-0.1, -0.05) is 15.9 Å². The van der Waals surface area contributed by atoms with Crippen molar-refractivity contribution in [2.45, 2.75) is 32.9 Å². The molecule has 0 radical (unpaired) electrons. The van der Waals surface area contributed by atoms with Crippen molar-refractivity contribution < 1.29 is 19.0 Å². The van der Waals surface area contributed by atoms with Crippen molar-refractivity contribution in [1.82, 2.24) is 16.0 Å². The van der Waals surface area contributed by atoms with Crippen LogP contribution in [0.5, 0.6) is 11.5 Å². The third-order valence-corrected chi connectivity index (χ3v) is 4.05. The SMILES string of the molecule is CN=C(NCCNC(=O)OC(C)(C)C)NCc1cc(OC)c(OC)cc1Br.I. The van der Waals surface area contributed by atoms with Gasteiger partial charge in [0.1, 0.15) is 5.60 Å². The van der Waals surface area contributed by atoms with Crippen LogP contribution in [0.2, 0.25) is 0 Å². The largest absolute Gasteiger partial charge is 0.493 e. The molecule has 0 fully saturated rings. The molecule has 3 N–H and O–H groups in total. The Hall–Kier alpha value is -1.43. The molecule has 0 atom stereocenters. The number of carbonyl (C=O) groups excluding carboxylic acids is 1. The van der Waals surface area contributed by atoms with Gasteiger partial charge in [-0.05, 0) is 38.5 Å². The second-order valence-electron chi connectivity index (χ2n) is 6.58. The van der Waals surface area contributed by atoms with E-state index in [4.69, 9.17) is 14.2 Å². The summed E-state index contributed by atoms with van der Waals surface area (Å²) in [6.45, 7) is 6.91. The number of benzene rings is 1. The molecular formula is C18H30BrIN4O4. The molecule has 0 saturated heterocycles. The first-order valence-corrected chi connectivity index (χ1v) is 9.31. The van der Waals surface area contributed by atoms with Crippen LogP contribution in [0.4, 0.5) is 4.79 Å². The lowest BCUT2D eigenvalue weighted by molar-refractivity contribution is 0.0529. The van der Waals surface area contributed by atoms with Gasteiger partial charge >= 0.3 is 6.09 Å². The minimum Gasteiger partial charge on any atom is -0.493 e. The van der Waals surface area contributed by atoms with Crippen LogP contribution in [0, 0.1) is 0 Å². The first kappa shape index (κ1) is 26.6. The monoisotopic (exact) mass is 572 g/mol. The Labute approximate surface area is 192 Å². The van der Waals surface area contributed by atoms with Crippen LogP contribution in [-0.2, 0) is 11.3 Å². The molecule has 160 valence electrons. The lowest BCUT2D eigenvalue weighted by atomic mass is 10.2. The van der Waals surface area contributed by atoms with Gasteiger partial charge in [-0.15, -0.1) is 24.0 Å². The summed E-state index contributed by atoms with van der Waals surface area (Å²) in [4.78, 5) is 15.8. The molecule has 8 nitrogen and oxygen atoms in total. The van der Waals surface area contributed by atoms with E-state index < -0.39 is 11.7 Å². The van der Waals surface area contributed by atoms with Crippen molar-refractivity contribution >= 4 is 52.0 Å². The number of rotatable bonds is 7. The van der Waals surface area contributed by atoms with Gasteiger partial charge in [0.2, 0.25) is 0 Å². The second kappa shape index (κ2) is 12.9. The maximum atomic E-state index is 11.6. The Bertz CT molecular complexity index is 666. The predicted molar refractivity (Wildman–Crippen MR) is 125 cm³/mol. The summed E-state index contributed by atoms with van der Waals surface area (Å²) in [7, 11) is 4.88. The van der Waals surface area contributed by atoms with E-state index in [1.165, 1.54) is 0 Å². The molecule has 0 saturated carbocycles. The molecule has 1 amide bonds. The Morgan fingerprint density at radius 2 is 1.64 bits per heavy atom. The Kier molecular flexibility index (Phi) is 12.3. The number of nitrogens with one attached hydrogen (secondary N) is 3. The molecule has 0 spiro atoms. The van der Waals surface area contributed by atoms with Crippen LogP contribution >= 0.6 is 39.9 Å². The number of amides is 1. The van der Waals surface area contributed by atoms with Crippen molar-refractivity contribution in [3.63, 3.8) is 0 Å². The van der Waals surface area contributed by atoms with E-state index in [0.717, 1.165) is 10.0 Å². The van der Waals surface area contributed by atoms with E-state index in [-0.39, 0.29) is 24.0 Å². The van der Waals surface area contributed by atoms with Crippen molar-refractivity contribution in [3.05, 3.63) is 22.2 Å². The minimum atomic E-state index is -0.512. The average molecular weight is 573 g/mol. The van der Waals surface area contributed by atoms with Crippen molar-refractivity contribution in [3.8, 4) is 11.5 Å². The maximum Gasteiger partial charge on any atom is 0.407 e. The Morgan fingerprint density at radius 3 is 2.18 bits per heavy atom. The van der Waals surface area contributed by atoms with Gasteiger partial charge in [0.15, 0.2) is 17.5 Å². The van der Waals surface area contributed by atoms with Crippen LogP contribution < -0.4 is 25.4 Å². The number of guanidine groups is 1. The summed E-state index contributed by atoms with van der Waals surface area (Å²) >= 11 is 3.53. The summed E-state index contributed by atoms with van der Waals surface area (Å²) in [5.74, 6) is 1.92. The first-order chi connectivity index (χ1) is 12.7. The van der Waals surface area contributed by atoms with Gasteiger partial charge in [-0.3, -0.25) is 4.99 Å². The van der Waals surface area contributed by atoms with E-state index in [0.29, 0.717) is 37.1 Å². The summed E-state index contributed by atoms with van der Waals surface area (Å²) < 4.78 is 16.7. The highest BCUT2D eigenvalue weighted by Crippen LogP contribution is 2.33. The summed E-state index contributed by atoms with van der Waals surface area (Å²) in [6.07, 6.45) is -0.443. The van der Waals surface area contributed by atoms with Gasteiger partial charge in [-0.2, -0.15) is 0 Å². The number of methoxy groups -OCH3 is 2. The number of carbonyl (C=O) groups is 1. The molecular weight excluding hydrogens is 543 g/mol. The number of hydrogen-bond donors (Lipinski definition) is 3. The lowest BCUT2D eigenvalue weighted by Gasteiger charge is -2.20. The van der Waals surface area contributed by atoms with Crippen LogP contribution in [0.1, 0.15) is 26.3 Å². The molecule has 0 aliphatic carbocycles. The second-order valence-corrected chi connectivity index (χ2v) is 7.43. The molecule has 0 unspecified atom stereocenters. The molecule has 0 heterocycles. The number of hydrogen-bond acceptors (Lipinski definition) is 5. The minimum absolute atomic E-state index is 0. The van der Waals surface area contributed by atoms with Gasteiger partial charge in [-0.25, -0.2) is 4.79 Å². The quantitative estimate of drug-likeness (QED) is 0.201. The number of ether oxygens (including phenoxy) is 3. The summed E-state index contributed by atoms with van der Waals surface area (Å²) in [5, 5.41) is 9.02. The molecule has 1 aromatic carbocycles. The zero-order chi connectivity index (χ0) is 20.4.